The van der Waals surface area contributed by atoms with E-state index in [0.29, 0.717) is 27.6 Å². The predicted octanol–water partition coefficient (Wildman–Crippen LogP) is 3.98. The average molecular weight is 308 g/mol. The van der Waals surface area contributed by atoms with Crippen LogP contribution in [-0.2, 0) is 11.2 Å². The molecule has 1 amide bonds. The van der Waals surface area contributed by atoms with Gasteiger partial charge in [0, 0.05) is 16.3 Å². The number of hydrogen-bond acceptors (Lipinski definition) is 2. The van der Waals surface area contributed by atoms with Gasteiger partial charge in [-0.25, -0.2) is 4.39 Å². The Bertz CT molecular complexity index is 673. The van der Waals surface area contributed by atoms with Gasteiger partial charge in [-0.15, -0.1) is 0 Å². The van der Waals surface area contributed by atoms with Crippen LogP contribution in [0, 0.1) is 12.7 Å². The van der Waals surface area contributed by atoms with Crippen molar-refractivity contribution >= 4 is 23.2 Å². The van der Waals surface area contributed by atoms with Gasteiger partial charge in [0.15, 0.2) is 0 Å². The van der Waals surface area contributed by atoms with Gasteiger partial charge in [0.1, 0.15) is 11.6 Å². The van der Waals surface area contributed by atoms with Crippen LogP contribution in [-0.4, -0.2) is 13.0 Å². The van der Waals surface area contributed by atoms with E-state index in [9.17, 15) is 9.18 Å². The molecule has 0 saturated heterocycles. The number of carbonyl (C=O) groups excluding carboxylic acids is 1. The second kappa shape index (κ2) is 6.59. The molecule has 2 rings (SSSR count). The highest BCUT2D eigenvalue weighted by Gasteiger charge is 2.11. The molecule has 2 aromatic rings. The van der Waals surface area contributed by atoms with Crippen molar-refractivity contribution in [2.45, 2.75) is 13.3 Å². The van der Waals surface area contributed by atoms with Crippen LogP contribution in [0.1, 0.15) is 11.1 Å². The summed E-state index contributed by atoms with van der Waals surface area (Å²) in [6.45, 7) is 1.73. The quantitative estimate of drug-likeness (QED) is 0.928. The molecule has 5 heteroatoms. The third-order valence-corrected chi connectivity index (χ3v) is 3.29. The van der Waals surface area contributed by atoms with Crippen LogP contribution in [0.5, 0.6) is 5.75 Å². The van der Waals surface area contributed by atoms with E-state index in [1.165, 1.54) is 25.3 Å². The summed E-state index contributed by atoms with van der Waals surface area (Å²) in [5, 5.41) is 3.29. The molecule has 0 spiro atoms. The number of methoxy groups -OCH3 is 1. The second-order valence-electron chi connectivity index (χ2n) is 4.64. The topological polar surface area (TPSA) is 38.3 Å². The standard InChI is InChI=1S/C16H15ClFNO2/c1-10-7-13(18)4-5-14(10)19-16(20)9-11-8-12(17)3-6-15(11)21-2/h3-8H,9H2,1-2H3,(H,19,20). The van der Waals surface area contributed by atoms with Gasteiger partial charge < -0.3 is 10.1 Å². The molecule has 0 heterocycles. The fourth-order valence-corrected chi connectivity index (χ4v) is 2.21. The Morgan fingerprint density at radius 2 is 2.05 bits per heavy atom. The van der Waals surface area contributed by atoms with E-state index in [2.05, 4.69) is 5.32 Å². The van der Waals surface area contributed by atoms with E-state index >= 15 is 0 Å². The third kappa shape index (κ3) is 3.95. The average Bonchev–Trinajstić information content (AvgIpc) is 2.42. The smallest absolute Gasteiger partial charge is 0.228 e. The number of nitrogens with one attached hydrogen (secondary N) is 1. The Kier molecular flexibility index (Phi) is 4.81. The van der Waals surface area contributed by atoms with Crippen LogP contribution < -0.4 is 10.1 Å². The molecule has 0 bridgehead atoms. The molecule has 1 N–H and O–H groups in total. The van der Waals surface area contributed by atoms with Gasteiger partial charge in [0.25, 0.3) is 0 Å². The van der Waals surface area contributed by atoms with E-state index in [4.69, 9.17) is 16.3 Å². The van der Waals surface area contributed by atoms with Gasteiger partial charge in [-0.2, -0.15) is 0 Å². The van der Waals surface area contributed by atoms with Crippen LogP contribution in [0.15, 0.2) is 36.4 Å². The highest BCUT2D eigenvalue weighted by molar-refractivity contribution is 6.30. The molecule has 0 atom stereocenters. The maximum absolute atomic E-state index is 13.0. The van der Waals surface area contributed by atoms with Gasteiger partial charge >= 0.3 is 0 Å². The maximum Gasteiger partial charge on any atom is 0.228 e. The van der Waals surface area contributed by atoms with E-state index in [-0.39, 0.29) is 18.1 Å². The molecule has 2 aromatic carbocycles. The summed E-state index contributed by atoms with van der Waals surface area (Å²) < 4.78 is 18.2. The lowest BCUT2D eigenvalue weighted by atomic mass is 10.1. The molecule has 0 aliphatic carbocycles. The fourth-order valence-electron chi connectivity index (χ4n) is 2.02. The molecule has 0 unspecified atom stereocenters. The number of carbonyl (C=O) groups is 1. The molecule has 0 fully saturated rings. The highest BCUT2D eigenvalue weighted by atomic mass is 35.5. The normalized spacial score (nSPS) is 10.3. The van der Waals surface area contributed by atoms with Gasteiger partial charge in [-0.1, -0.05) is 11.6 Å². The van der Waals surface area contributed by atoms with Crippen molar-refractivity contribution in [3.8, 4) is 5.75 Å². The fraction of sp³-hybridized carbons (Fsp3) is 0.188. The minimum atomic E-state index is -0.331. The Labute approximate surface area is 127 Å². The summed E-state index contributed by atoms with van der Waals surface area (Å²) in [5.74, 6) is 0.0534. The number of halogens is 2. The largest absolute Gasteiger partial charge is 0.496 e. The number of aryl methyl sites for hydroxylation is 1. The van der Waals surface area contributed by atoms with Crippen molar-refractivity contribution in [3.05, 3.63) is 58.4 Å². The summed E-state index contributed by atoms with van der Waals surface area (Å²) in [6, 6.07) is 9.33. The van der Waals surface area contributed by atoms with Gasteiger partial charge in [-0.3, -0.25) is 4.79 Å². The van der Waals surface area contributed by atoms with Crippen LogP contribution in [0.25, 0.3) is 0 Å². The zero-order chi connectivity index (χ0) is 15.4. The number of benzene rings is 2. The Morgan fingerprint density at radius 3 is 2.71 bits per heavy atom. The number of hydrogen-bond donors (Lipinski definition) is 1. The number of rotatable bonds is 4. The van der Waals surface area contributed by atoms with Crippen LogP contribution in [0.4, 0.5) is 10.1 Å². The zero-order valence-corrected chi connectivity index (χ0v) is 12.5. The second-order valence-corrected chi connectivity index (χ2v) is 5.08. The molecule has 0 aliphatic heterocycles. The van der Waals surface area contributed by atoms with Crippen molar-refractivity contribution in [2.75, 3.05) is 12.4 Å². The van der Waals surface area contributed by atoms with Crippen molar-refractivity contribution < 1.29 is 13.9 Å². The van der Waals surface area contributed by atoms with Crippen molar-refractivity contribution in [1.29, 1.82) is 0 Å². The Morgan fingerprint density at radius 1 is 1.29 bits per heavy atom. The summed E-state index contributed by atoms with van der Waals surface area (Å²) >= 11 is 5.93. The monoisotopic (exact) mass is 307 g/mol. The number of ether oxygens (including phenoxy) is 1. The molecule has 21 heavy (non-hydrogen) atoms. The van der Waals surface area contributed by atoms with Crippen LogP contribution in [0.3, 0.4) is 0 Å². The number of anilines is 1. The minimum Gasteiger partial charge on any atom is -0.496 e. The SMILES string of the molecule is COc1ccc(Cl)cc1CC(=O)Nc1ccc(F)cc1C. The first-order valence-corrected chi connectivity index (χ1v) is 6.76. The molecule has 0 aliphatic rings. The summed E-state index contributed by atoms with van der Waals surface area (Å²) in [5.41, 5.74) is 1.95. The van der Waals surface area contributed by atoms with E-state index in [0.717, 1.165) is 0 Å². The molecule has 3 nitrogen and oxygen atoms in total. The molecular weight excluding hydrogens is 293 g/mol. The van der Waals surface area contributed by atoms with Crippen LogP contribution >= 0.6 is 11.6 Å². The minimum absolute atomic E-state index is 0.126. The Hall–Kier alpha value is -2.07. The van der Waals surface area contributed by atoms with E-state index < -0.39 is 0 Å². The molecule has 0 saturated carbocycles. The summed E-state index contributed by atoms with van der Waals surface area (Å²) in [6.07, 6.45) is 0.126. The van der Waals surface area contributed by atoms with Crippen molar-refractivity contribution in [3.63, 3.8) is 0 Å². The van der Waals surface area contributed by atoms with Crippen molar-refractivity contribution in [1.82, 2.24) is 0 Å². The number of amides is 1. The lowest BCUT2D eigenvalue weighted by Crippen LogP contribution is -2.15. The summed E-state index contributed by atoms with van der Waals surface area (Å²) in [7, 11) is 1.54. The first kappa shape index (κ1) is 15.3. The van der Waals surface area contributed by atoms with Gasteiger partial charge in [0.2, 0.25) is 5.91 Å². The van der Waals surface area contributed by atoms with Gasteiger partial charge in [0.05, 0.1) is 13.5 Å². The molecule has 0 radical (unpaired) electrons. The maximum atomic E-state index is 13.0. The third-order valence-electron chi connectivity index (χ3n) is 3.06. The molecule has 110 valence electrons. The highest BCUT2D eigenvalue weighted by Crippen LogP contribution is 2.24. The predicted molar refractivity (Wildman–Crippen MR) is 81.5 cm³/mol. The van der Waals surface area contributed by atoms with Crippen LogP contribution in [0.2, 0.25) is 5.02 Å². The van der Waals surface area contributed by atoms with E-state index in [1.807, 2.05) is 0 Å². The first-order valence-electron chi connectivity index (χ1n) is 6.38. The lowest BCUT2D eigenvalue weighted by molar-refractivity contribution is -0.115. The summed E-state index contributed by atoms with van der Waals surface area (Å²) in [4.78, 5) is 12.1. The molecule has 0 aromatic heterocycles. The van der Waals surface area contributed by atoms with Gasteiger partial charge in [-0.05, 0) is 48.9 Å². The lowest BCUT2D eigenvalue weighted by Gasteiger charge is -2.11. The van der Waals surface area contributed by atoms with Crippen molar-refractivity contribution in [2.24, 2.45) is 0 Å². The van der Waals surface area contributed by atoms with E-state index in [1.54, 1.807) is 25.1 Å². The zero-order valence-electron chi connectivity index (χ0n) is 11.7. The first-order chi connectivity index (χ1) is 9.99. The Balaban J connectivity index is 2.13. The molecular formula is C16H15ClFNO2.